The highest BCUT2D eigenvalue weighted by atomic mass is 16.3. The summed E-state index contributed by atoms with van der Waals surface area (Å²) in [5.74, 6) is -0.472. The Bertz CT molecular complexity index is 467. The molecular weight excluding hydrogens is 208 g/mol. The van der Waals surface area contributed by atoms with E-state index in [1.807, 2.05) is 0 Å². The molecule has 1 aliphatic rings. The summed E-state index contributed by atoms with van der Waals surface area (Å²) >= 11 is 0. The maximum atomic E-state index is 11.6. The van der Waals surface area contributed by atoms with Crippen molar-refractivity contribution in [3.63, 3.8) is 0 Å². The lowest BCUT2D eigenvalue weighted by molar-refractivity contribution is -0.281. The number of aromatic nitrogens is 2. The fourth-order valence-electron chi connectivity index (χ4n) is 2.35. The minimum Gasteiger partial charge on any atom is -0.860 e. The van der Waals surface area contributed by atoms with E-state index in [1.165, 1.54) is 4.57 Å². The predicted octanol–water partition coefficient (Wildman–Crippen LogP) is 0.505. The van der Waals surface area contributed by atoms with Gasteiger partial charge in [0.15, 0.2) is 0 Å². The molecule has 0 aromatic carbocycles. The molecule has 0 unspecified atom stereocenters. The van der Waals surface area contributed by atoms with Gasteiger partial charge in [0.25, 0.3) is 5.56 Å². The van der Waals surface area contributed by atoms with Crippen LogP contribution in [0.3, 0.4) is 0 Å². The molecule has 1 saturated carbocycles. The largest absolute Gasteiger partial charge is 0.860 e. The topological polar surface area (TPSA) is 77.9 Å². The van der Waals surface area contributed by atoms with E-state index in [4.69, 9.17) is 0 Å². The van der Waals surface area contributed by atoms with Crippen LogP contribution in [0.25, 0.3) is 0 Å². The minimum atomic E-state index is -0.611. The van der Waals surface area contributed by atoms with Gasteiger partial charge in [-0.15, -0.1) is 0 Å². The Morgan fingerprint density at radius 2 is 1.81 bits per heavy atom. The van der Waals surface area contributed by atoms with Gasteiger partial charge in [0.2, 0.25) is 0 Å². The van der Waals surface area contributed by atoms with Crippen LogP contribution >= 0.6 is 0 Å². The molecule has 1 fully saturated rings. The molecule has 1 aromatic heterocycles. The van der Waals surface area contributed by atoms with Gasteiger partial charge in [-0.1, -0.05) is 25.7 Å². The second-order valence-electron chi connectivity index (χ2n) is 4.29. The van der Waals surface area contributed by atoms with Crippen LogP contribution in [0.2, 0.25) is 0 Å². The van der Waals surface area contributed by atoms with Crippen molar-refractivity contribution >= 4 is 0 Å². The van der Waals surface area contributed by atoms with Crippen molar-refractivity contribution in [3.8, 4) is 5.88 Å². The molecule has 0 spiro atoms. The number of hydrogen-bond acceptors (Lipinski definition) is 3. The molecule has 1 aromatic rings. The first-order valence-corrected chi connectivity index (χ1v) is 5.71. The molecular formula is C11H15N2O3-. The van der Waals surface area contributed by atoms with Crippen LogP contribution in [0.5, 0.6) is 5.88 Å². The third-order valence-corrected chi connectivity index (χ3v) is 3.13. The Kier molecular flexibility index (Phi) is 3.12. The van der Waals surface area contributed by atoms with Gasteiger partial charge in [-0.25, -0.2) is 4.79 Å². The van der Waals surface area contributed by atoms with Crippen LogP contribution < -0.4 is 16.4 Å². The third-order valence-electron chi connectivity index (χ3n) is 3.13. The molecule has 2 rings (SSSR count). The number of H-pyrrole nitrogens is 1. The summed E-state index contributed by atoms with van der Waals surface area (Å²) in [7, 11) is 0. The average Bonchev–Trinajstić information content (AvgIpc) is 2.44. The van der Waals surface area contributed by atoms with Gasteiger partial charge in [0, 0.05) is 12.1 Å². The Labute approximate surface area is 92.7 Å². The van der Waals surface area contributed by atoms with E-state index in [0.29, 0.717) is 0 Å². The van der Waals surface area contributed by atoms with Gasteiger partial charge >= 0.3 is 5.69 Å². The average molecular weight is 223 g/mol. The minimum absolute atomic E-state index is 0.0423. The zero-order valence-corrected chi connectivity index (χ0v) is 9.07. The molecule has 5 heteroatoms. The van der Waals surface area contributed by atoms with Crippen LogP contribution in [0.15, 0.2) is 15.7 Å². The second-order valence-corrected chi connectivity index (χ2v) is 4.29. The Hall–Kier alpha value is -1.52. The standard InChI is InChI=1S/C11H16N2O3/c14-9-7-10(15)13(11(16)12-9)8-5-3-1-2-4-6-8/h7-8,15H,1-6H2,(H,12,14,16)/p-1. The number of aromatic amines is 1. The third kappa shape index (κ3) is 2.18. The van der Waals surface area contributed by atoms with E-state index in [-0.39, 0.29) is 6.04 Å². The van der Waals surface area contributed by atoms with Crippen LogP contribution in [-0.2, 0) is 0 Å². The number of nitrogens with zero attached hydrogens (tertiary/aromatic N) is 1. The normalized spacial score (nSPS) is 18.2. The zero-order chi connectivity index (χ0) is 11.5. The lowest BCUT2D eigenvalue weighted by Crippen LogP contribution is -2.34. The summed E-state index contributed by atoms with van der Waals surface area (Å²) in [5, 5.41) is 11.6. The molecule has 0 atom stereocenters. The van der Waals surface area contributed by atoms with Crippen LogP contribution in [-0.4, -0.2) is 9.55 Å². The smallest absolute Gasteiger partial charge is 0.328 e. The maximum absolute atomic E-state index is 11.6. The van der Waals surface area contributed by atoms with Crippen molar-refractivity contribution in [1.29, 1.82) is 0 Å². The Morgan fingerprint density at radius 1 is 1.19 bits per heavy atom. The molecule has 0 saturated heterocycles. The maximum Gasteiger partial charge on any atom is 0.328 e. The summed E-state index contributed by atoms with van der Waals surface area (Å²) in [6.45, 7) is 0. The SMILES string of the molecule is O=c1cc([O-])n(C2CCCCCC2)c(=O)[nH]1. The van der Waals surface area contributed by atoms with Gasteiger partial charge in [-0.3, -0.25) is 9.78 Å². The van der Waals surface area contributed by atoms with Gasteiger partial charge in [0.1, 0.15) is 0 Å². The molecule has 0 bridgehead atoms. The van der Waals surface area contributed by atoms with Gasteiger partial charge in [0.05, 0.1) is 0 Å². The summed E-state index contributed by atoms with van der Waals surface area (Å²) < 4.78 is 1.20. The highest BCUT2D eigenvalue weighted by molar-refractivity contribution is 5.06. The van der Waals surface area contributed by atoms with Crippen LogP contribution in [0.1, 0.15) is 44.6 Å². The molecule has 1 heterocycles. The van der Waals surface area contributed by atoms with Crippen LogP contribution in [0, 0.1) is 0 Å². The number of hydrogen-bond donors (Lipinski definition) is 1. The van der Waals surface area contributed by atoms with Gasteiger partial charge in [-0.2, -0.15) is 0 Å². The van der Waals surface area contributed by atoms with E-state index >= 15 is 0 Å². The summed E-state index contributed by atoms with van der Waals surface area (Å²) in [5.41, 5.74) is -1.18. The second kappa shape index (κ2) is 4.55. The molecule has 1 N–H and O–H groups in total. The lowest BCUT2D eigenvalue weighted by Gasteiger charge is -2.23. The number of rotatable bonds is 1. The molecule has 0 radical (unpaired) electrons. The first-order valence-electron chi connectivity index (χ1n) is 5.71. The van der Waals surface area contributed by atoms with Gasteiger partial charge < -0.3 is 9.67 Å². The van der Waals surface area contributed by atoms with E-state index < -0.39 is 17.1 Å². The Balaban J connectivity index is 2.38. The van der Waals surface area contributed by atoms with E-state index in [9.17, 15) is 14.7 Å². The fraction of sp³-hybridized carbons (Fsp3) is 0.636. The Morgan fingerprint density at radius 3 is 2.38 bits per heavy atom. The fourth-order valence-corrected chi connectivity index (χ4v) is 2.35. The highest BCUT2D eigenvalue weighted by Gasteiger charge is 2.15. The molecule has 1 aliphatic carbocycles. The highest BCUT2D eigenvalue weighted by Crippen LogP contribution is 2.27. The summed E-state index contributed by atoms with van der Waals surface area (Å²) in [6, 6.07) is 0.908. The first-order chi connectivity index (χ1) is 7.68. The monoisotopic (exact) mass is 223 g/mol. The lowest BCUT2D eigenvalue weighted by atomic mass is 10.1. The molecule has 5 nitrogen and oxygen atoms in total. The molecule has 0 amide bonds. The van der Waals surface area contributed by atoms with Crippen molar-refractivity contribution < 1.29 is 5.11 Å². The van der Waals surface area contributed by atoms with Crippen molar-refractivity contribution in [2.24, 2.45) is 0 Å². The summed E-state index contributed by atoms with van der Waals surface area (Å²) in [4.78, 5) is 24.7. The molecule has 88 valence electrons. The summed E-state index contributed by atoms with van der Waals surface area (Å²) in [6.07, 6.45) is 6.08. The van der Waals surface area contributed by atoms with Crippen molar-refractivity contribution in [1.82, 2.24) is 9.55 Å². The van der Waals surface area contributed by atoms with Crippen molar-refractivity contribution in [2.45, 2.75) is 44.6 Å². The molecule has 0 aliphatic heterocycles. The van der Waals surface area contributed by atoms with Crippen molar-refractivity contribution in [2.75, 3.05) is 0 Å². The van der Waals surface area contributed by atoms with E-state index in [1.54, 1.807) is 0 Å². The zero-order valence-electron chi connectivity index (χ0n) is 9.07. The van der Waals surface area contributed by atoms with Gasteiger partial charge in [-0.05, 0) is 18.7 Å². The van der Waals surface area contributed by atoms with Crippen LogP contribution in [0.4, 0.5) is 0 Å². The van der Waals surface area contributed by atoms with E-state index in [2.05, 4.69) is 4.98 Å². The van der Waals surface area contributed by atoms with E-state index in [0.717, 1.165) is 44.6 Å². The predicted molar refractivity (Wildman–Crippen MR) is 57.5 cm³/mol. The quantitative estimate of drug-likeness (QED) is 0.704. The first kappa shape index (κ1) is 11.0. The van der Waals surface area contributed by atoms with Crippen molar-refractivity contribution in [3.05, 3.63) is 26.9 Å². The molecule has 16 heavy (non-hydrogen) atoms. The number of nitrogens with one attached hydrogen (secondary N) is 1.